The van der Waals surface area contributed by atoms with Gasteiger partial charge in [-0.05, 0) is 86.0 Å². The van der Waals surface area contributed by atoms with Crippen molar-refractivity contribution in [3.05, 3.63) is 80.0 Å². The van der Waals surface area contributed by atoms with Gasteiger partial charge in [0, 0.05) is 28.3 Å². The Bertz CT molecular complexity index is 1190. The van der Waals surface area contributed by atoms with E-state index >= 15 is 0 Å². The number of carbonyl (C=O) groups excluding carboxylic acids is 2. The second-order valence-electron chi connectivity index (χ2n) is 8.02. The SMILES string of the molecule is C=C(SNC(=O)Nc1ccc(N(C=O)/C=C\C2=C\c3nc[nH]c3CCCC2C)cc1)S/C(Cl)=C(\C)Cl.CC.CC. The number of hydrogen-bond donors (Lipinski definition) is 3. The number of thioether (sulfide) groups is 1. The first-order chi connectivity index (χ1) is 19.3. The molecule has 0 bridgehead atoms. The van der Waals surface area contributed by atoms with Crippen molar-refractivity contribution >= 4 is 76.8 Å². The molecule has 1 aliphatic rings. The van der Waals surface area contributed by atoms with Crippen LogP contribution in [0.15, 0.2) is 68.7 Å². The number of allylic oxidation sites excluding steroid dienone is 3. The number of aromatic amines is 1. The molecule has 1 aromatic heterocycles. The zero-order valence-corrected chi connectivity index (χ0v) is 27.0. The summed E-state index contributed by atoms with van der Waals surface area (Å²) in [6.07, 6.45) is 11.4. The lowest BCUT2D eigenvalue weighted by Gasteiger charge is -2.18. The molecule has 0 saturated heterocycles. The van der Waals surface area contributed by atoms with Gasteiger partial charge >= 0.3 is 6.03 Å². The van der Waals surface area contributed by atoms with E-state index in [-0.39, 0.29) is 0 Å². The standard InChI is InChI=1S/C25H27Cl2N5O2S2.2C2H6/c1-16-5-4-6-22-23(29-14-28-22)13-19(16)11-12-32(15-33)21-9-7-20(8-10-21)30-25(34)31-36-18(3)35-24(27)17(2)26;2*1-2/h7-16H,3-6H2,1-2H3,(H,28,29)(H2,30,31,34);2*1-2H3/b12-11-,19-13-,24-17+;;. The number of imidazole rings is 1. The van der Waals surface area contributed by atoms with Crippen molar-refractivity contribution in [1.82, 2.24) is 14.7 Å². The second kappa shape index (κ2) is 19.5. The first-order valence-electron chi connectivity index (χ1n) is 13.1. The summed E-state index contributed by atoms with van der Waals surface area (Å²) in [4.78, 5) is 33.1. The lowest BCUT2D eigenvalue weighted by atomic mass is 9.91. The fourth-order valence-electron chi connectivity index (χ4n) is 3.44. The molecular weight excluding hydrogens is 585 g/mol. The Balaban J connectivity index is 0.00000191. The van der Waals surface area contributed by atoms with Crippen LogP contribution in [0.3, 0.4) is 0 Å². The number of aryl methyl sites for hydroxylation is 1. The minimum absolute atomic E-state index is 0.350. The number of hydrogen-bond acceptors (Lipinski definition) is 5. The monoisotopic (exact) mass is 623 g/mol. The van der Waals surface area contributed by atoms with Crippen molar-refractivity contribution in [2.45, 2.75) is 60.8 Å². The van der Waals surface area contributed by atoms with Crippen molar-refractivity contribution in [2.75, 3.05) is 10.2 Å². The quantitative estimate of drug-likeness (QED) is 0.191. The Morgan fingerprint density at radius 1 is 1.20 bits per heavy atom. The van der Waals surface area contributed by atoms with Crippen LogP contribution >= 0.6 is 46.9 Å². The van der Waals surface area contributed by atoms with Crippen molar-refractivity contribution in [3.8, 4) is 0 Å². The van der Waals surface area contributed by atoms with E-state index in [1.165, 1.54) is 4.90 Å². The molecule has 1 aliphatic carbocycles. The van der Waals surface area contributed by atoms with Gasteiger partial charge in [0.2, 0.25) is 6.41 Å². The average molecular weight is 625 g/mol. The third-order valence-corrected chi connectivity index (χ3v) is 8.03. The van der Waals surface area contributed by atoms with Crippen LogP contribution in [0.2, 0.25) is 0 Å². The van der Waals surface area contributed by atoms with E-state index < -0.39 is 6.03 Å². The molecule has 0 saturated carbocycles. The summed E-state index contributed by atoms with van der Waals surface area (Å²) in [7, 11) is 0. The van der Waals surface area contributed by atoms with E-state index in [1.807, 2.05) is 33.8 Å². The number of amides is 3. The molecule has 1 atom stereocenters. The van der Waals surface area contributed by atoms with Crippen LogP contribution in [0.25, 0.3) is 6.08 Å². The first-order valence-corrected chi connectivity index (χ1v) is 15.5. The van der Waals surface area contributed by atoms with Crippen LogP contribution in [0.1, 0.15) is 65.8 Å². The summed E-state index contributed by atoms with van der Waals surface area (Å²) >= 11 is 14.0. The highest BCUT2D eigenvalue weighted by molar-refractivity contribution is 8.24. The molecule has 0 fully saturated rings. The summed E-state index contributed by atoms with van der Waals surface area (Å²) in [6.45, 7) is 15.7. The highest BCUT2D eigenvalue weighted by atomic mass is 35.5. The molecule has 7 nitrogen and oxygen atoms in total. The van der Waals surface area contributed by atoms with E-state index in [4.69, 9.17) is 23.2 Å². The van der Waals surface area contributed by atoms with Gasteiger partial charge in [0.15, 0.2) is 0 Å². The Kier molecular flexibility index (Phi) is 17.3. The zero-order valence-electron chi connectivity index (χ0n) is 23.9. The molecule has 1 aromatic carbocycles. The number of fused-ring (bicyclic) bond motifs is 1. The summed E-state index contributed by atoms with van der Waals surface area (Å²) in [5, 5.41) is 3.18. The van der Waals surface area contributed by atoms with Crippen LogP contribution in [0, 0.1) is 5.92 Å². The van der Waals surface area contributed by atoms with Crippen LogP contribution in [-0.4, -0.2) is 22.4 Å². The third-order valence-electron chi connectivity index (χ3n) is 5.38. The van der Waals surface area contributed by atoms with Crippen molar-refractivity contribution in [1.29, 1.82) is 0 Å². The van der Waals surface area contributed by atoms with Crippen LogP contribution in [0.4, 0.5) is 16.2 Å². The summed E-state index contributed by atoms with van der Waals surface area (Å²) in [5.41, 5.74) is 4.44. The molecule has 1 heterocycles. The molecule has 0 radical (unpaired) electrons. The number of anilines is 2. The number of urea groups is 1. The predicted octanol–water partition coefficient (Wildman–Crippen LogP) is 9.64. The second-order valence-corrected chi connectivity index (χ2v) is 11.5. The molecular formula is C29H39Cl2N5O2S2. The van der Waals surface area contributed by atoms with Gasteiger partial charge in [-0.2, -0.15) is 0 Å². The van der Waals surface area contributed by atoms with Crippen molar-refractivity contribution in [3.63, 3.8) is 0 Å². The number of benzene rings is 1. The Morgan fingerprint density at radius 2 is 1.88 bits per heavy atom. The molecule has 3 rings (SSSR count). The third kappa shape index (κ3) is 11.9. The molecule has 3 amide bonds. The Labute approximate surface area is 257 Å². The van der Waals surface area contributed by atoms with E-state index in [0.29, 0.717) is 30.9 Å². The van der Waals surface area contributed by atoms with Gasteiger partial charge in [-0.1, -0.05) is 76.2 Å². The smallest absolute Gasteiger partial charge is 0.329 e. The van der Waals surface area contributed by atoms with Crippen LogP contribution in [0.5, 0.6) is 0 Å². The maximum atomic E-state index is 12.2. The molecule has 2 aromatic rings. The number of halogens is 2. The lowest BCUT2D eigenvalue weighted by Crippen LogP contribution is -2.22. The maximum absolute atomic E-state index is 12.2. The minimum Gasteiger partial charge on any atom is -0.348 e. The molecule has 11 heteroatoms. The summed E-state index contributed by atoms with van der Waals surface area (Å²) < 4.78 is 3.59. The summed E-state index contributed by atoms with van der Waals surface area (Å²) in [6, 6.07) is 6.53. The van der Waals surface area contributed by atoms with Gasteiger partial charge in [-0.3, -0.25) is 14.4 Å². The summed E-state index contributed by atoms with van der Waals surface area (Å²) in [5.74, 6) is 0.350. The van der Waals surface area contributed by atoms with E-state index in [9.17, 15) is 9.59 Å². The number of nitrogens with one attached hydrogen (secondary N) is 3. The van der Waals surface area contributed by atoms with Crippen LogP contribution < -0.4 is 14.9 Å². The van der Waals surface area contributed by atoms with Gasteiger partial charge < -0.3 is 10.3 Å². The van der Waals surface area contributed by atoms with Crippen LogP contribution in [-0.2, 0) is 11.2 Å². The highest BCUT2D eigenvalue weighted by Crippen LogP contribution is 2.36. The van der Waals surface area contributed by atoms with Gasteiger partial charge in [0.05, 0.1) is 20.6 Å². The fourth-order valence-corrected chi connectivity index (χ4v) is 5.11. The predicted molar refractivity (Wildman–Crippen MR) is 176 cm³/mol. The zero-order chi connectivity index (χ0) is 30.1. The number of rotatable bonds is 9. The van der Waals surface area contributed by atoms with E-state index in [1.54, 1.807) is 43.7 Å². The van der Waals surface area contributed by atoms with Gasteiger partial charge in [0.25, 0.3) is 0 Å². The van der Waals surface area contributed by atoms with Gasteiger partial charge in [-0.25, -0.2) is 9.78 Å². The van der Waals surface area contributed by atoms with Crippen molar-refractivity contribution in [2.24, 2.45) is 5.92 Å². The lowest BCUT2D eigenvalue weighted by molar-refractivity contribution is -0.106. The molecule has 3 N–H and O–H groups in total. The fraction of sp³-hybridized carbons (Fsp3) is 0.345. The Hall–Kier alpha value is -2.59. The van der Waals surface area contributed by atoms with E-state index in [0.717, 1.165) is 66.3 Å². The normalized spacial score (nSPS) is 16.2. The highest BCUT2D eigenvalue weighted by Gasteiger charge is 2.14. The van der Waals surface area contributed by atoms with Crippen molar-refractivity contribution < 1.29 is 9.59 Å². The molecule has 0 spiro atoms. The van der Waals surface area contributed by atoms with E-state index in [2.05, 4.69) is 39.6 Å². The average Bonchev–Trinajstić information content (AvgIpc) is 3.39. The molecule has 218 valence electrons. The number of aromatic nitrogens is 2. The minimum atomic E-state index is -0.424. The topological polar surface area (TPSA) is 90.1 Å². The Morgan fingerprint density at radius 3 is 2.50 bits per heavy atom. The number of H-pyrrole nitrogens is 1. The largest absolute Gasteiger partial charge is 0.348 e. The van der Waals surface area contributed by atoms with Gasteiger partial charge in [-0.15, -0.1) is 0 Å². The number of nitrogens with zero attached hydrogens (tertiary/aromatic N) is 2. The molecule has 0 aliphatic heterocycles. The first kappa shape index (κ1) is 35.4. The molecule has 40 heavy (non-hydrogen) atoms. The molecule has 1 unspecified atom stereocenters. The van der Waals surface area contributed by atoms with Gasteiger partial charge in [0.1, 0.15) is 0 Å². The maximum Gasteiger partial charge on any atom is 0.329 e. The number of carbonyl (C=O) groups is 2.